The molecule has 1 aromatic rings. The molecule has 0 fully saturated rings. The van der Waals surface area contributed by atoms with E-state index in [1.54, 1.807) is 6.92 Å². The van der Waals surface area contributed by atoms with Crippen LogP contribution >= 0.6 is 0 Å². The van der Waals surface area contributed by atoms with Crippen molar-refractivity contribution in [1.29, 1.82) is 0 Å². The molecule has 0 bridgehead atoms. The van der Waals surface area contributed by atoms with Gasteiger partial charge in [0.1, 0.15) is 12.6 Å². The molecule has 1 aromatic carbocycles. The number of hydrogen-bond acceptors (Lipinski definition) is 6. The summed E-state index contributed by atoms with van der Waals surface area (Å²) in [6, 6.07) is 7.03. The number of alkyl carbamates (subject to hydrolysis) is 1. The minimum Gasteiger partial charge on any atom is -0.467 e. The molecule has 0 spiro atoms. The molecule has 0 aromatic heterocycles. The third-order valence-electron chi connectivity index (χ3n) is 3.97. The number of aliphatic hydroxyl groups excluding tert-OH is 1. The van der Waals surface area contributed by atoms with Gasteiger partial charge in [-0.3, -0.25) is 4.79 Å². The Hall–Kier alpha value is -2.61. The van der Waals surface area contributed by atoms with Crippen molar-refractivity contribution in [3.05, 3.63) is 35.9 Å². The van der Waals surface area contributed by atoms with E-state index in [0.29, 0.717) is 6.42 Å². The maximum Gasteiger partial charge on any atom is 0.408 e. The monoisotopic (exact) mass is 366 g/mol. The lowest BCUT2D eigenvalue weighted by molar-refractivity contribution is -0.146. The van der Waals surface area contributed by atoms with Crippen molar-refractivity contribution in [2.45, 2.75) is 39.0 Å². The number of carbonyl (C=O) groups excluding carboxylic acids is 3. The number of ether oxygens (including phenoxy) is 2. The molecular formula is C18H26N2O6. The molecule has 144 valence electrons. The lowest BCUT2D eigenvalue weighted by Gasteiger charge is -2.25. The molecular weight excluding hydrogens is 340 g/mol. The molecule has 8 heteroatoms. The Bertz CT molecular complexity index is 593. The minimum atomic E-state index is -1.19. The molecule has 3 atom stereocenters. The molecule has 3 N–H and O–H groups in total. The van der Waals surface area contributed by atoms with E-state index in [1.807, 2.05) is 37.3 Å². The molecule has 8 nitrogen and oxygen atoms in total. The number of nitrogens with one attached hydrogen (secondary N) is 2. The number of carbonyl (C=O) groups is 3. The highest BCUT2D eigenvalue weighted by Gasteiger charge is 2.30. The number of benzene rings is 1. The van der Waals surface area contributed by atoms with E-state index in [0.717, 1.165) is 12.7 Å². The summed E-state index contributed by atoms with van der Waals surface area (Å²) in [4.78, 5) is 36.0. The maximum atomic E-state index is 12.4. The van der Waals surface area contributed by atoms with Gasteiger partial charge in [-0.15, -0.1) is 0 Å². The number of hydrogen-bond donors (Lipinski definition) is 3. The van der Waals surface area contributed by atoms with Gasteiger partial charge in [0.2, 0.25) is 5.91 Å². The number of aliphatic hydroxyl groups is 1. The predicted molar refractivity (Wildman–Crippen MR) is 94.0 cm³/mol. The normalized spacial score (nSPS) is 13.8. The van der Waals surface area contributed by atoms with E-state index in [1.165, 1.54) is 0 Å². The molecule has 0 aliphatic carbocycles. The summed E-state index contributed by atoms with van der Waals surface area (Å²) in [6.07, 6.45) is -0.132. The van der Waals surface area contributed by atoms with Crippen LogP contribution in [0.1, 0.15) is 25.8 Å². The Morgan fingerprint density at radius 3 is 2.35 bits per heavy atom. The molecule has 0 radical (unpaired) electrons. The Balaban J connectivity index is 2.68. The number of esters is 1. The maximum absolute atomic E-state index is 12.4. The predicted octanol–water partition coefficient (Wildman–Crippen LogP) is 0.978. The second kappa shape index (κ2) is 11.1. The zero-order valence-corrected chi connectivity index (χ0v) is 15.2. The van der Waals surface area contributed by atoms with Gasteiger partial charge >= 0.3 is 12.1 Å². The third kappa shape index (κ3) is 6.72. The van der Waals surface area contributed by atoms with Crippen molar-refractivity contribution < 1.29 is 29.0 Å². The first kappa shape index (κ1) is 21.4. The SMILES string of the molecule is CC[C@@H](C)[C@@H](NC(=O)OCc1ccccc1)C(=O)N[C@@H](CO)C(=O)OC. The lowest BCUT2D eigenvalue weighted by atomic mass is 9.98. The topological polar surface area (TPSA) is 114 Å². The van der Waals surface area contributed by atoms with Crippen LogP contribution in [0.25, 0.3) is 0 Å². The second-order valence-corrected chi connectivity index (χ2v) is 5.84. The first-order chi connectivity index (χ1) is 12.4. The summed E-state index contributed by atoms with van der Waals surface area (Å²) in [5, 5.41) is 14.1. The van der Waals surface area contributed by atoms with E-state index in [4.69, 9.17) is 4.74 Å². The summed E-state index contributed by atoms with van der Waals surface area (Å²) in [5.41, 5.74) is 0.818. The van der Waals surface area contributed by atoms with Crippen LogP contribution in [0.5, 0.6) is 0 Å². The standard InChI is InChI=1S/C18H26N2O6/c1-4-12(2)15(16(22)19-14(10-21)17(23)25-3)20-18(24)26-11-13-8-6-5-7-9-13/h5-9,12,14-15,21H,4,10-11H2,1-3H3,(H,19,22)(H,20,24)/t12-,14+,15-/m1/s1. The fraction of sp³-hybridized carbons (Fsp3) is 0.500. The van der Waals surface area contributed by atoms with Crippen molar-refractivity contribution in [1.82, 2.24) is 10.6 Å². The lowest BCUT2D eigenvalue weighted by Crippen LogP contribution is -2.55. The van der Waals surface area contributed by atoms with E-state index in [9.17, 15) is 19.5 Å². The van der Waals surface area contributed by atoms with E-state index >= 15 is 0 Å². The first-order valence-electron chi connectivity index (χ1n) is 8.39. The second-order valence-electron chi connectivity index (χ2n) is 5.84. The molecule has 2 amide bonds. The fourth-order valence-electron chi connectivity index (χ4n) is 2.18. The van der Waals surface area contributed by atoms with E-state index < -0.39 is 36.7 Å². The molecule has 0 unspecified atom stereocenters. The third-order valence-corrected chi connectivity index (χ3v) is 3.97. The zero-order chi connectivity index (χ0) is 19.5. The Labute approximate surface area is 152 Å². The van der Waals surface area contributed by atoms with Crippen molar-refractivity contribution in [2.75, 3.05) is 13.7 Å². The van der Waals surface area contributed by atoms with Gasteiger partial charge in [-0.2, -0.15) is 0 Å². The van der Waals surface area contributed by atoms with Gasteiger partial charge in [0, 0.05) is 0 Å². The summed E-state index contributed by atoms with van der Waals surface area (Å²) >= 11 is 0. The Kier molecular flexibility index (Phi) is 9.14. The number of amides is 2. The van der Waals surface area contributed by atoms with Gasteiger partial charge in [0.15, 0.2) is 6.04 Å². The van der Waals surface area contributed by atoms with Crippen LogP contribution in [0.4, 0.5) is 4.79 Å². The van der Waals surface area contributed by atoms with Crippen molar-refractivity contribution in [3.8, 4) is 0 Å². The smallest absolute Gasteiger partial charge is 0.408 e. The van der Waals surface area contributed by atoms with Gasteiger partial charge in [-0.25, -0.2) is 9.59 Å². The average Bonchev–Trinajstić information content (AvgIpc) is 2.67. The highest BCUT2D eigenvalue weighted by atomic mass is 16.5. The van der Waals surface area contributed by atoms with Crippen molar-refractivity contribution >= 4 is 18.0 Å². The molecule has 0 saturated carbocycles. The number of methoxy groups -OCH3 is 1. The molecule has 0 aliphatic heterocycles. The van der Waals surface area contributed by atoms with Gasteiger partial charge in [0.05, 0.1) is 13.7 Å². The van der Waals surface area contributed by atoms with Gasteiger partial charge in [0.25, 0.3) is 0 Å². The largest absolute Gasteiger partial charge is 0.467 e. The van der Waals surface area contributed by atoms with Crippen LogP contribution in [-0.4, -0.2) is 48.9 Å². The van der Waals surface area contributed by atoms with Crippen LogP contribution < -0.4 is 10.6 Å². The van der Waals surface area contributed by atoms with Crippen LogP contribution in [-0.2, 0) is 25.7 Å². The fourth-order valence-corrected chi connectivity index (χ4v) is 2.18. The van der Waals surface area contributed by atoms with Crippen molar-refractivity contribution in [2.24, 2.45) is 5.92 Å². The van der Waals surface area contributed by atoms with Gasteiger partial charge in [-0.1, -0.05) is 50.6 Å². The summed E-state index contributed by atoms with van der Waals surface area (Å²) < 4.78 is 9.65. The van der Waals surface area contributed by atoms with Gasteiger partial charge in [-0.05, 0) is 11.5 Å². The van der Waals surface area contributed by atoms with Crippen LogP contribution in [0.3, 0.4) is 0 Å². The molecule has 1 rings (SSSR count). The van der Waals surface area contributed by atoms with Crippen molar-refractivity contribution in [3.63, 3.8) is 0 Å². The Morgan fingerprint density at radius 2 is 1.81 bits per heavy atom. The van der Waals surface area contributed by atoms with Crippen LogP contribution in [0.2, 0.25) is 0 Å². The van der Waals surface area contributed by atoms with E-state index in [2.05, 4.69) is 15.4 Å². The van der Waals surface area contributed by atoms with Crippen LogP contribution in [0.15, 0.2) is 30.3 Å². The number of rotatable bonds is 9. The molecule has 26 heavy (non-hydrogen) atoms. The first-order valence-corrected chi connectivity index (χ1v) is 8.39. The van der Waals surface area contributed by atoms with Gasteiger partial charge < -0.3 is 25.2 Å². The molecule has 0 saturated heterocycles. The highest BCUT2D eigenvalue weighted by molar-refractivity contribution is 5.89. The zero-order valence-electron chi connectivity index (χ0n) is 15.2. The summed E-state index contributed by atoms with van der Waals surface area (Å²) in [7, 11) is 1.16. The highest BCUT2D eigenvalue weighted by Crippen LogP contribution is 2.09. The quantitative estimate of drug-likeness (QED) is 0.561. The van der Waals surface area contributed by atoms with Crippen LogP contribution in [0, 0.1) is 5.92 Å². The Morgan fingerprint density at radius 1 is 1.15 bits per heavy atom. The average molecular weight is 366 g/mol. The summed E-state index contributed by atoms with van der Waals surface area (Å²) in [6.45, 7) is 3.12. The molecule has 0 aliphatic rings. The van der Waals surface area contributed by atoms with E-state index in [-0.39, 0.29) is 12.5 Å². The minimum absolute atomic E-state index is 0.0724. The molecule has 0 heterocycles. The summed E-state index contributed by atoms with van der Waals surface area (Å²) in [5.74, 6) is -1.58.